The summed E-state index contributed by atoms with van der Waals surface area (Å²) in [5.41, 5.74) is 3.90. The van der Waals surface area contributed by atoms with E-state index in [1.165, 1.54) is 11.1 Å². The Hall–Kier alpha value is -2.82. The molecule has 142 valence electrons. The molecule has 3 amide bonds. The highest BCUT2D eigenvalue weighted by atomic mass is 16.2. The number of hydrogen-bond donors (Lipinski definition) is 2. The Morgan fingerprint density at radius 3 is 2.33 bits per heavy atom. The lowest BCUT2D eigenvalue weighted by atomic mass is 10.1. The average molecular weight is 365 g/mol. The van der Waals surface area contributed by atoms with Crippen molar-refractivity contribution >= 4 is 23.3 Å². The number of carbonyl (C=O) groups excluding carboxylic acids is 2. The number of amides is 3. The van der Waals surface area contributed by atoms with Crippen LogP contribution in [0.1, 0.15) is 36.8 Å². The van der Waals surface area contributed by atoms with Crippen LogP contribution in [0.2, 0.25) is 0 Å². The number of rotatable bonds is 6. The summed E-state index contributed by atoms with van der Waals surface area (Å²) < 4.78 is 0. The van der Waals surface area contributed by atoms with Gasteiger partial charge in [0.05, 0.1) is 0 Å². The minimum absolute atomic E-state index is 0.00914. The highest BCUT2D eigenvalue weighted by molar-refractivity contribution is 5.93. The van der Waals surface area contributed by atoms with Crippen LogP contribution in [0.3, 0.4) is 0 Å². The molecule has 1 saturated heterocycles. The van der Waals surface area contributed by atoms with E-state index < -0.39 is 0 Å². The van der Waals surface area contributed by atoms with Crippen LogP contribution in [0.4, 0.5) is 16.2 Å². The molecule has 1 fully saturated rings. The number of aryl methyl sites for hydroxylation is 2. The van der Waals surface area contributed by atoms with Gasteiger partial charge in [-0.25, -0.2) is 4.79 Å². The minimum Gasteiger partial charge on any atom is -0.326 e. The van der Waals surface area contributed by atoms with Crippen molar-refractivity contribution in [1.82, 2.24) is 4.90 Å². The smallest absolute Gasteiger partial charge is 0.321 e. The molecule has 5 heteroatoms. The summed E-state index contributed by atoms with van der Waals surface area (Å²) in [6, 6.07) is 15.6. The third kappa shape index (κ3) is 5.84. The van der Waals surface area contributed by atoms with Gasteiger partial charge in [-0.05, 0) is 56.4 Å². The third-order valence-corrected chi connectivity index (χ3v) is 4.78. The van der Waals surface area contributed by atoms with E-state index in [-0.39, 0.29) is 11.9 Å². The molecule has 2 N–H and O–H groups in total. The largest absolute Gasteiger partial charge is 0.326 e. The summed E-state index contributed by atoms with van der Waals surface area (Å²) in [5.74, 6) is -0.00914. The number of benzene rings is 2. The molecule has 2 aromatic rings. The molecule has 0 radical (unpaired) electrons. The lowest BCUT2D eigenvalue weighted by Gasteiger charge is -2.16. The Morgan fingerprint density at radius 1 is 0.963 bits per heavy atom. The maximum Gasteiger partial charge on any atom is 0.321 e. The van der Waals surface area contributed by atoms with Crippen LogP contribution in [-0.4, -0.2) is 29.9 Å². The van der Waals surface area contributed by atoms with Crippen molar-refractivity contribution in [3.8, 4) is 0 Å². The van der Waals surface area contributed by atoms with Gasteiger partial charge in [0.25, 0.3) is 0 Å². The molecule has 27 heavy (non-hydrogen) atoms. The van der Waals surface area contributed by atoms with Crippen LogP contribution in [0.15, 0.2) is 48.5 Å². The summed E-state index contributed by atoms with van der Waals surface area (Å²) in [4.78, 5) is 26.2. The van der Waals surface area contributed by atoms with Gasteiger partial charge in [-0.1, -0.05) is 35.9 Å². The van der Waals surface area contributed by atoms with E-state index in [1.54, 1.807) is 6.07 Å². The van der Waals surface area contributed by atoms with Crippen LogP contribution in [-0.2, 0) is 11.2 Å². The summed E-state index contributed by atoms with van der Waals surface area (Å²) >= 11 is 0. The molecular formula is C22H27N3O2. The Bertz CT molecular complexity index is 780. The number of nitrogens with one attached hydrogen (secondary N) is 2. The highest BCUT2D eigenvalue weighted by Crippen LogP contribution is 2.17. The van der Waals surface area contributed by atoms with E-state index in [9.17, 15) is 9.59 Å². The number of urea groups is 1. The quantitative estimate of drug-likeness (QED) is 0.787. The number of likely N-dealkylation sites (tertiary alicyclic amines) is 1. The van der Waals surface area contributed by atoms with Crippen molar-refractivity contribution in [2.45, 2.75) is 39.0 Å². The second-order valence-electron chi connectivity index (χ2n) is 7.09. The molecule has 2 aromatic carbocycles. The lowest BCUT2D eigenvalue weighted by molar-refractivity contribution is -0.116. The van der Waals surface area contributed by atoms with E-state index in [0.29, 0.717) is 17.8 Å². The van der Waals surface area contributed by atoms with Gasteiger partial charge < -0.3 is 15.5 Å². The fourth-order valence-corrected chi connectivity index (χ4v) is 3.23. The molecule has 0 spiro atoms. The average Bonchev–Trinajstić information content (AvgIpc) is 3.18. The number of nitrogens with zero attached hydrogens (tertiary/aromatic N) is 1. The van der Waals surface area contributed by atoms with E-state index in [2.05, 4.69) is 41.8 Å². The van der Waals surface area contributed by atoms with Gasteiger partial charge in [-0.15, -0.1) is 0 Å². The van der Waals surface area contributed by atoms with Crippen molar-refractivity contribution in [3.63, 3.8) is 0 Å². The molecule has 3 rings (SSSR count). The molecular weight excluding hydrogens is 338 g/mol. The van der Waals surface area contributed by atoms with Crippen molar-refractivity contribution in [1.29, 1.82) is 0 Å². The first-order valence-corrected chi connectivity index (χ1v) is 9.61. The first-order valence-electron chi connectivity index (χ1n) is 9.61. The summed E-state index contributed by atoms with van der Waals surface area (Å²) in [7, 11) is 0. The lowest BCUT2D eigenvalue weighted by Crippen LogP contribution is -2.32. The molecule has 1 aliphatic heterocycles. The van der Waals surface area contributed by atoms with Crippen molar-refractivity contribution in [2.75, 3.05) is 23.7 Å². The van der Waals surface area contributed by atoms with Crippen LogP contribution in [0.5, 0.6) is 0 Å². The topological polar surface area (TPSA) is 61.4 Å². The fourth-order valence-electron chi connectivity index (χ4n) is 3.23. The minimum atomic E-state index is -0.0749. The van der Waals surface area contributed by atoms with Gasteiger partial charge in [0.1, 0.15) is 0 Å². The van der Waals surface area contributed by atoms with Crippen LogP contribution >= 0.6 is 0 Å². The van der Waals surface area contributed by atoms with Crippen LogP contribution < -0.4 is 10.6 Å². The zero-order chi connectivity index (χ0) is 19.1. The molecule has 0 aromatic heterocycles. The fraction of sp³-hybridized carbons (Fsp3) is 0.364. The maximum atomic E-state index is 12.2. The van der Waals surface area contributed by atoms with Gasteiger partial charge >= 0.3 is 6.03 Å². The van der Waals surface area contributed by atoms with E-state index >= 15 is 0 Å². The Morgan fingerprint density at radius 2 is 1.63 bits per heavy atom. The SMILES string of the molecule is Cc1ccc(CCCC(=O)Nc2cccc(NC(=O)N3CCCC3)c2)cc1. The van der Waals surface area contributed by atoms with Gasteiger partial charge in [0.2, 0.25) is 5.91 Å². The van der Waals surface area contributed by atoms with Crippen LogP contribution in [0.25, 0.3) is 0 Å². The third-order valence-electron chi connectivity index (χ3n) is 4.78. The summed E-state index contributed by atoms with van der Waals surface area (Å²) in [5, 5.41) is 5.82. The van der Waals surface area contributed by atoms with E-state index in [4.69, 9.17) is 0 Å². The van der Waals surface area contributed by atoms with E-state index in [0.717, 1.165) is 38.8 Å². The zero-order valence-electron chi connectivity index (χ0n) is 15.8. The zero-order valence-corrected chi connectivity index (χ0v) is 15.8. The number of carbonyl (C=O) groups is 2. The Balaban J connectivity index is 1.46. The normalized spacial score (nSPS) is 13.4. The molecule has 1 aliphatic rings. The standard InChI is InChI=1S/C22H27N3O2/c1-17-10-12-18(13-11-17)6-4-9-21(26)23-19-7-5-8-20(16-19)24-22(27)25-14-2-3-15-25/h5,7-8,10-13,16H,2-4,6,9,14-15H2,1H3,(H,23,26)(H,24,27). The maximum absolute atomic E-state index is 12.2. The van der Waals surface area contributed by atoms with Gasteiger partial charge in [0, 0.05) is 30.9 Å². The Labute approximate surface area is 160 Å². The van der Waals surface area contributed by atoms with Gasteiger partial charge in [0.15, 0.2) is 0 Å². The monoisotopic (exact) mass is 365 g/mol. The molecule has 0 unspecified atom stereocenters. The van der Waals surface area contributed by atoms with Gasteiger partial charge in [-0.3, -0.25) is 4.79 Å². The van der Waals surface area contributed by atoms with Crippen LogP contribution in [0, 0.1) is 6.92 Å². The second kappa shape index (κ2) is 9.21. The summed E-state index contributed by atoms with van der Waals surface area (Å²) in [6.45, 7) is 3.69. The summed E-state index contributed by atoms with van der Waals surface area (Å²) in [6.07, 6.45) is 4.29. The molecule has 0 atom stereocenters. The van der Waals surface area contributed by atoms with Crippen molar-refractivity contribution in [2.24, 2.45) is 0 Å². The number of anilines is 2. The first kappa shape index (κ1) is 19.0. The molecule has 5 nitrogen and oxygen atoms in total. The van der Waals surface area contributed by atoms with Gasteiger partial charge in [-0.2, -0.15) is 0 Å². The Kier molecular flexibility index (Phi) is 6.47. The van der Waals surface area contributed by atoms with Crippen molar-refractivity contribution in [3.05, 3.63) is 59.7 Å². The predicted molar refractivity (Wildman–Crippen MR) is 109 cm³/mol. The number of hydrogen-bond acceptors (Lipinski definition) is 2. The molecule has 0 bridgehead atoms. The highest BCUT2D eigenvalue weighted by Gasteiger charge is 2.17. The molecule has 0 saturated carbocycles. The van der Waals surface area contributed by atoms with Crippen molar-refractivity contribution < 1.29 is 9.59 Å². The van der Waals surface area contributed by atoms with E-state index in [1.807, 2.05) is 23.1 Å². The first-order chi connectivity index (χ1) is 13.1. The molecule has 0 aliphatic carbocycles. The molecule has 1 heterocycles. The second-order valence-corrected chi connectivity index (χ2v) is 7.09. The predicted octanol–water partition coefficient (Wildman–Crippen LogP) is 4.58.